The van der Waals surface area contributed by atoms with Gasteiger partial charge in [0.1, 0.15) is 0 Å². The minimum Gasteiger partial charge on any atom is -0.396 e. The first kappa shape index (κ1) is 14.5. The zero-order valence-corrected chi connectivity index (χ0v) is 12.1. The van der Waals surface area contributed by atoms with Gasteiger partial charge in [-0.2, -0.15) is 0 Å². The fourth-order valence-electron chi connectivity index (χ4n) is 2.56. The van der Waals surface area contributed by atoms with E-state index in [-0.39, 0.29) is 0 Å². The van der Waals surface area contributed by atoms with Gasteiger partial charge in [-0.3, -0.25) is 0 Å². The smallest absolute Gasteiger partial charge is 0.0431 e. The zero-order valence-electron chi connectivity index (χ0n) is 10.5. The molecule has 1 rings (SSSR count). The van der Waals surface area contributed by atoms with E-state index in [1.165, 1.54) is 45.2 Å². The van der Waals surface area contributed by atoms with E-state index < -0.39 is 0 Å². The zero-order chi connectivity index (χ0) is 11.8. The lowest BCUT2D eigenvalue weighted by Crippen LogP contribution is -2.31. The summed E-state index contributed by atoms with van der Waals surface area (Å²) in [6.07, 6.45) is 7.45. The number of aliphatic hydroxyl groups is 1. The molecule has 0 bridgehead atoms. The summed E-state index contributed by atoms with van der Waals surface area (Å²) in [6.45, 7) is 5.23. The first-order valence-corrected chi connectivity index (χ1v) is 7.81. The summed E-state index contributed by atoms with van der Waals surface area (Å²) in [5.74, 6) is 0.832. The molecule has 0 amide bonds. The average molecular weight is 292 g/mol. The van der Waals surface area contributed by atoms with Gasteiger partial charge in [0, 0.05) is 18.0 Å². The quantitative estimate of drug-likeness (QED) is 0.695. The van der Waals surface area contributed by atoms with Gasteiger partial charge in [0.2, 0.25) is 0 Å². The van der Waals surface area contributed by atoms with Crippen LogP contribution in [-0.2, 0) is 0 Å². The Labute approximate surface area is 109 Å². The van der Waals surface area contributed by atoms with E-state index in [0.29, 0.717) is 6.61 Å². The number of hydrogen-bond donors (Lipinski definition) is 1. The van der Waals surface area contributed by atoms with Crippen molar-refractivity contribution in [2.24, 2.45) is 5.92 Å². The van der Waals surface area contributed by atoms with Gasteiger partial charge in [0.25, 0.3) is 0 Å². The van der Waals surface area contributed by atoms with E-state index in [0.717, 1.165) is 23.7 Å². The van der Waals surface area contributed by atoms with Crippen LogP contribution >= 0.6 is 15.9 Å². The third-order valence-corrected chi connectivity index (χ3v) is 4.16. The summed E-state index contributed by atoms with van der Waals surface area (Å²) < 4.78 is 0. The van der Waals surface area contributed by atoms with Crippen LogP contribution in [0.2, 0.25) is 0 Å². The van der Waals surface area contributed by atoms with Crippen molar-refractivity contribution in [2.45, 2.75) is 51.5 Å². The highest BCUT2D eigenvalue weighted by molar-refractivity contribution is 9.09. The van der Waals surface area contributed by atoms with Crippen LogP contribution < -0.4 is 0 Å². The summed E-state index contributed by atoms with van der Waals surface area (Å²) >= 11 is 3.51. The first-order valence-electron chi connectivity index (χ1n) is 6.68. The molecule has 0 aromatic rings. The molecule has 2 unspecified atom stereocenters. The Kier molecular flexibility index (Phi) is 7.67. The van der Waals surface area contributed by atoms with Crippen molar-refractivity contribution >= 4 is 15.9 Å². The summed E-state index contributed by atoms with van der Waals surface area (Å²) in [6, 6.07) is 0.753. The van der Waals surface area contributed by atoms with Crippen LogP contribution in [0.3, 0.4) is 0 Å². The molecule has 1 aliphatic heterocycles. The van der Waals surface area contributed by atoms with Crippen LogP contribution in [0.25, 0.3) is 0 Å². The predicted octanol–water partition coefficient (Wildman–Crippen LogP) is 3.03. The topological polar surface area (TPSA) is 23.5 Å². The molecule has 1 fully saturated rings. The Hall–Kier alpha value is 0.400. The van der Waals surface area contributed by atoms with E-state index in [9.17, 15) is 0 Å². The average Bonchev–Trinajstić information content (AvgIpc) is 2.71. The van der Waals surface area contributed by atoms with Gasteiger partial charge in [-0.15, -0.1) is 0 Å². The van der Waals surface area contributed by atoms with Crippen LogP contribution in [0, 0.1) is 5.92 Å². The summed E-state index contributed by atoms with van der Waals surface area (Å²) in [5.41, 5.74) is 0. The molecule has 1 heterocycles. The highest BCUT2D eigenvalue weighted by Crippen LogP contribution is 2.22. The van der Waals surface area contributed by atoms with E-state index >= 15 is 0 Å². The number of halogens is 1. The number of hydrogen-bond acceptors (Lipinski definition) is 2. The standard InChI is InChI=1S/C13H26BrNO/c1-12(6-8-14)7-10-15-9-2-4-13(15)5-3-11-16/h12-13,16H,2-11H2,1H3. The largest absolute Gasteiger partial charge is 0.396 e. The Morgan fingerprint density at radius 3 is 2.94 bits per heavy atom. The number of likely N-dealkylation sites (tertiary alicyclic amines) is 1. The van der Waals surface area contributed by atoms with Crippen molar-refractivity contribution in [1.29, 1.82) is 0 Å². The van der Waals surface area contributed by atoms with Crippen LogP contribution in [0.15, 0.2) is 0 Å². The molecule has 2 nitrogen and oxygen atoms in total. The van der Waals surface area contributed by atoms with E-state index in [1.54, 1.807) is 0 Å². The highest BCUT2D eigenvalue weighted by Gasteiger charge is 2.23. The van der Waals surface area contributed by atoms with E-state index in [4.69, 9.17) is 5.11 Å². The van der Waals surface area contributed by atoms with Crippen molar-refractivity contribution in [3.8, 4) is 0 Å². The first-order chi connectivity index (χ1) is 7.77. The van der Waals surface area contributed by atoms with Crippen LogP contribution in [-0.4, -0.2) is 41.1 Å². The lowest BCUT2D eigenvalue weighted by Gasteiger charge is -2.25. The molecular formula is C13H26BrNO. The normalized spacial score (nSPS) is 23.8. The molecular weight excluding hydrogens is 266 g/mol. The molecule has 0 aromatic carbocycles. The summed E-state index contributed by atoms with van der Waals surface area (Å²) in [4.78, 5) is 2.64. The molecule has 16 heavy (non-hydrogen) atoms. The van der Waals surface area contributed by atoms with E-state index in [1.807, 2.05) is 0 Å². The number of alkyl halides is 1. The highest BCUT2D eigenvalue weighted by atomic mass is 79.9. The molecule has 1 saturated heterocycles. The predicted molar refractivity (Wildman–Crippen MR) is 73.1 cm³/mol. The molecule has 1 N–H and O–H groups in total. The Morgan fingerprint density at radius 1 is 1.44 bits per heavy atom. The summed E-state index contributed by atoms with van der Waals surface area (Å²) in [5, 5.41) is 10.0. The van der Waals surface area contributed by atoms with Crippen molar-refractivity contribution in [1.82, 2.24) is 4.90 Å². The second-order valence-electron chi connectivity index (χ2n) is 5.07. The summed E-state index contributed by atoms with van der Waals surface area (Å²) in [7, 11) is 0. The SMILES string of the molecule is CC(CCBr)CCN1CCCC1CCCO. The van der Waals surface area contributed by atoms with Gasteiger partial charge < -0.3 is 10.0 Å². The van der Waals surface area contributed by atoms with Gasteiger partial charge in [-0.05, 0) is 57.5 Å². The lowest BCUT2D eigenvalue weighted by molar-refractivity contribution is 0.206. The van der Waals surface area contributed by atoms with Crippen LogP contribution in [0.4, 0.5) is 0 Å². The maximum absolute atomic E-state index is 8.88. The minimum atomic E-state index is 0.352. The molecule has 96 valence electrons. The number of rotatable bonds is 8. The molecule has 3 heteroatoms. The Balaban J connectivity index is 2.18. The van der Waals surface area contributed by atoms with Gasteiger partial charge in [0.05, 0.1) is 0 Å². The monoisotopic (exact) mass is 291 g/mol. The Bertz CT molecular complexity index is 177. The van der Waals surface area contributed by atoms with Gasteiger partial charge >= 0.3 is 0 Å². The number of aliphatic hydroxyl groups excluding tert-OH is 1. The third kappa shape index (κ3) is 5.15. The molecule has 0 saturated carbocycles. The fourth-order valence-corrected chi connectivity index (χ4v) is 3.34. The third-order valence-electron chi connectivity index (χ3n) is 3.71. The van der Waals surface area contributed by atoms with Gasteiger partial charge in [0.15, 0.2) is 0 Å². The van der Waals surface area contributed by atoms with Crippen molar-refractivity contribution in [2.75, 3.05) is 25.0 Å². The van der Waals surface area contributed by atoms with Crippen LogP contribution in [0.1, 0.15) is 45.4 Å². The van der Waals surface area contributed by atoms with Crippen molar-refractivity contribution in [3.63, 3.8) is 0 Å². The molecule has 0 aliphatic carbocycles. The van der Waals surface area contributed by atoms with Gasteiger partial charge in [-0.25, -0.2) is 0 Å². The number of nitrogens with zero attached hydrogens (tertiary/aromatic N) is 1. The van der Waals surface area contributed by atoms with Crippen molar-refractivity contribution < 1.29 is 5.11 Å². The van der Waals surface area contributed by atoms with Gasteiger partial charge in [-0.1, -0.05) is 22.9 Å². The maximum atomic E-state index is 8.88. The van der Waals surface area contributed by atoms with E-state index in [2.05, 4.69) is 27.8 Å². The van der Waals surface area contributed by atoms with Crippen molar-refractivity contribution in [3.05, 3.63) is 0 Å². The molecule has 2 atom stereocenters. The maximum Gasteiger partial charge on any atom is 0.0431 e. The molecule has 0 radical (unpaired) electrons. The molecule has 0 spiro atoms. The fraction of sp³-hybridized carbons (Fsp3) is 1.00. The molecule has 1 aliphatic rings. The lowest BCUT2D eigenvalue weighted by atomic mass is 10.0. The second kappa shape index (κ2) is 8.48. The minimum absolute atomic E-state index is 0.352. The Morgan fingerprint density at radius 2 is 2.25 bits per heavy atom. The second-order valence-corrected chi connectivity index (χ2v) is 5.86. The van der Waals surface area contributed by atoms with Crippen LogP contribution in [0.5, 0.6) is 0 Å². The molecule has 0 aromatic heterocycles.